The number of amides is 2. The molecule has 76 valence electrons. The fourth-order valence-electron chi connectivity index (χ4n) is 0.927. The van der Waals surface area contributed by atoms with Crippen LogP contribution in [0.2, 0.25) is 5.02 Å². The van der Waals surface area contributed by atoms with Crippen LogP contribution in [-0.4, -0.2) is 19.1 Å². The van der Waals surface area contributed by atoms with Crippen LogP contribution in [0.25, 0.3) is 0 Å². The van der Waals surface area contributed by atoms with Crippen LogP contribution < -0.4 is 16.4 Å². The highest BCUT2D eigenvalue weighted by Gasteiger charge is 1.99. The monoisotopic (exact) mass is 213 g/mol. The largest absolute Gasteiger partial charge is 0.337 e. The third-order valence-electron chi connectivity index (χ3n) is 1.51. The normalized spacial score (nSPS) is 9.57. The van der Waals surface area contributed by atoms with Crippen LogP contribution in [0.1, 0.15) is 0 Å². The molecule has 0 radical (unpaired) electrons. The first kappa shape index (κ1) is 10.8. The van der Waals surface area contributed by atoms with Crippen LogP contribution in [0.4, 0.5) is 10.5 Å². The van der Waals surface area contributed by atoms with Gasteiger partial charge in [0, 0.05) is 23.8 Å². The Balaban J connectivity index is 2.47. The van der Waals surface area contributed by atoms with E-state index in [1.807, 2.05) is 0 Å². The van der Waals surface area contributed by atoms with Crippen molar-refractivity contribution in [1.29, 1.82) is 0 Å². The maximum absolute atomic E-state index is 11.2. The number of benzene rings is 1. The van der Waals surface area contributed by atoms with Crippen LogP contribution in [0, 0.1) is 0 Å². The molecule has 0 aliphatic rings. The Bertz CT molecular complexity index is 317. The molecule has 1 rings (SSSR count). The molecule has 14 heavy (non-hydrogen) atoms. The third-order valence-corrected chi connectivity index (χ3v) is 1.75. The van der Waals surface area contributed by atoms with E-state index in [2.05, 4.69) is 10.6 Å². The number of hydrogen-bond donors (Lipinski definition) is 3. The number of nitrogens with one attached hydrogen (secondary N) is 2. The number of anilines is 1. The van der Waals surface area contributed by atoms with Crippen LogP contribution in [0.5, 0.6) is 0 Å². The van der Waals surface area contributed by atoms with Crippen LogP contribution >= 0.6 is 11.6 Å². The summed E-state index contributed by atoms with van der Waals surface area (Å²) >= 11 is 5.74. The van der Waals surface area contributed by atoms with Crippen molar-refractivity contribution in [3.05, 3.63) is 29.3 Å². The highest BCUT2D eigenvalue weighted by atomic mass is 35.5. The molecule has 0 bridgehead atoms. The average molecular weight is 214 g/mol. The van der Waals surface area contributed by atoms with Crippen molar-refractivity contribution in [2.24, 2.45) is 5.73 Å². The summed E-state index contributed by atoms with van der Waals surface area (Å²) in [5.74, 6) is 0. The highest BCUT2D eigenvalue weighted by Crippen LogP contribution is 2.14. The fourth-order valence-corrected chi connectivity index (χ4v) is 1.12. The molecule has 0 fully saturated rings. The summed E-state index contributed by atoms with van der Waals surface area (Å²) in [5.41, 5.74) is 5.89. The molecular weight excluding hydrogens is 202 g/mol. The van der Waals surface area contributed by atoms with Crippen molar-refractivity contribution in [3.63, 3.8) is 0 Å². The zero-order valence-electron chi connectivity index (χ0n) is 7.59. The minimum atomic E-state index is -0.280. The van der Waals surface area contributed by atoms with Gasteiger partial charge in [0.15, 0.2) is 0 Å². The van der Waals surface area contributed by atoms with Crippen molar-refractivity contribution in [2.45, 2.75) is 0 Å². The van der Waals surface area contributed by atoms with Gasteiger partial charge in [-0.25, -0.2) is 4.79 Å². The molecule has 0 saturated carbocycles. The predicted molar refractivity (Wildman–Crippen MR) is 57.5 cm³/mol. The van der Waals surface area contributed by atoms with E-state index in [0.717, 1.165) is 0 Å². The van der Waals surface area contributed by atoms with Crippen LogP contribution in [0.15, 0.2) is 24.3 Å². The van der Waals surface area contributed by atoms with Crippen LogP contribution in [0.3, 0.4) is 0 Å². The summed E-state index contributed by atoms with van der Waals surface area (Å²) in [4.78, 5) is 11.2. The Morgan fingerprint density at radius 2 is 2.29 bits per heavy atom. The lowest BCUT2D eigenvalue weighted by atomic mass is 10.3. The first-order valence-corrected chi connectivity index (χ1v) is 4.60. The van der Waals surface area contributed by atoms with Gasteiger partial charge in [-0.15, -0.1) is 0 Å². The smallest absolute Gasteiger partial charge is 0.319 e. The number of hydrogen-bond acceptors (Lipinski definition) is 2. The number of urea groups is 1. The van der Waals surface area contributed by atoms with Gasteiger partial charge in [0.1, 0.15) is 0 Å². The molecule has 0 spiro atoms. The topological polar surface area (TPSA) is 67.1 Å². The Kier molecular flexibility index (Phi) is 4.22. The van der Waals surface area contributed by atoms with Gasteiger partial charge in [-0.05, 0) is 18.2 Å². The van der Waals surface area contributed by atoms with Gasteiger partial charge in [-0.1, -0.05) is 17.7 Å². The fraction of sp³-hybridized carbons (Fsp3) is 0.222. The second-order valence-corrected chi connectivity index (χ2v) is 3.12. The van der Waals surface area contributed by atoms with Gasteiger partial charge in [0.2, 0.25) is 0 Å². The molecular formula is C9H12ClN3O. The third kappa shape index (κ3) is 3.64. The van der Waals surface area contributed by atoms with Gasteiger partial charge in [-0.2, -0.15) is 0 Å². The lowest BCUT2D eigenvalue weighted by Crippen LogP contribution is -2.32. The van der Waals surface area contributed by atoms with E-state index in [9.17, 15) is 4.79 Å². The summed E-state index contributed by atoms with van der Waals surface area (Å²) in [5, 5.41) is 5.79. The quantitative estimate of drug-likeness (QED) is 0.711. The number of halogens is 1. The van der Waals surface area contributed by atoms with Crippen molar-refractivity contribution in [1.82, 2.24) is 5.32 Å². The van der Waals surface area contributed by atoms with Gasteiger partial charge in [-0.3, -0.25) is 0 Å². The predicted octanol–water partition coefficient (Wildman–Crippen LogP) is 1.42. The van der Waals surface area contributed by atoms with E-state index >= 15 is 0 Å². The van der Waals surface area contributed by atoms with E-state index in [0.29, 0.717) is 23.8 Å². The SMILES string of the molecule is NCCNC(=O)Nc1cccc(Cl)c1. The number of carbonyl (C=O) groups is 1. The van der Waals surface area contributed by atoms with E-state index in [1.54, 1.807) is 24.3 Å². The van der Waals surface area contributed by atoms with Crippen molar-refractivity contribution in [3.8, 4) is 0 Å². The molecule has 0 atom stereocenters. The summed E-state index contributed by atoms with van der Waals surface area (Å²) in [6.07, 6.45) is 0. The zero-order chi connectivity index (χ0) is 10.4. The van der Waals surface area contributed by atoms with Gasteiger partial charge >= 0.3 is 6.03 Å². The molecule has 4 nitrogen and oxygen atoms in total. The zero-order valence-corrected chi connectivity index (χ0v) is 8.34. The molecule has 0 aliphatic carbocycles. The Morgan fingerprint density at radius 3 is 2.93 bits per heavy atom. The second-order valence-electron chi connectivity index (χ2n) is 2.68. The minimum Gasteiger partial charge on any atom is -0.337 e. The summed E-state index contributed by atoms with van der Waals surface area (Å²) in [7, 11) is 0. The maximum Gasteiger partial charge on any atom is 0.319 e. The van der Waals surface area contributed by atoms with Gasteiger partial charge in [0.25, 0.3) is 0 Å². The average Bonchev–Trinajstić information content (AvgIpc) is 2.15. The van der Waals surface area contributed by atoms with Crippen molar-refractivity contribution < 1.29 is 4.79 Å². The molecule has 5 heteroatoms. The number of nitrogens with two attached hydrogens (primary N) is 1. The number of carbonyl (C=O) groups excluding carboxylic acids is 1. The summed E-state index contributed by atoms with van der Waals surface area (Å²) < 4.78 is 0. The van der Waals surface area contributed by atoms with E-state index in [-0.39, 0.29) is 6.03 Å². The molecule has 1 aromatic rings. The summed E-state index contributed by atoms with van der Waals surface area (Å²) in [6, 6.07) is 6.65. The molecule has 4 N–H and O–H groups in total. The summed E-state index contributed by atoms with van der Waals surface area (Å²) in [6.45, 7) is 0.870. The minimum absolute atomic E-state index is 0.280. The standard InChI is InChI=1S/C9H12ClN3O/c10-7-2-1-3-8(6-7)13-9(14)12-5-4-11/h1-3,6H,4-5,11H2,(H2,12,13,14). The van der Waals surface area contributed by atoms with Crippen molar-refractivity contribution >= 4 is 23.3 Å². The second kappa shape index (κ2) is 5.47. The number of rotatable bonds is 3. The molecule has 0 aromatic heterocycles. The van der Waals surface area contributed by atoms with Gasteiger partial charge in [0.05, 0.1) is 0 Å². The maximum atomic E-state index is 11.2. The molecule has 0 unspecified atom stereocenters. The van der Waals surface area contributed by atoms with E-state index in [1.165, 1.54) is 0 Å². The Morgan fingerprint density at radius 1 is 1.50 bits per heavy atom. The first-order valence-electron chi connectivity index (χ1n) is 4.23. The molecule has 0 heterocycles. The van der Waals surface area contributed by atoms with E-state index < -0.39 is 0 Å². The lowest BCUT2D eigenvalue weighted by Gasteiger charge is -2.06. The Labute approximate surface area is 87.4 Å². The highest BCUT2D eigenvalue weighted by molar-refractivity contribution is 6.30. The van der Waals surface area contributed by atoms with Crippen LogP contribution in [-0.2, 0) is 0 Å². The molecule has 1 aromatic carbocycles. The lowest BCUT2D eigenvalue weighted by molar-refractivity contribution is 0.252. The molecule has 0 aliphatic heterocycles. The molecule has 0 saturated heterocycles. The van der Waals surface area contributed by atoms with E-state index in [4.69, 9.17) is 17.3 Å². The van der Waals surface area contributed by atoms with Crippen molar-refractivity contribution in [2.75, 3.05) is 18.4 Å². The Hall–Kier alpha value is -1.26. The van der Waals surface area contributed by atoms with Gasteiger partial charge < -0.3 is 16.4 Å². The molecule has 2 amide bonds. The first-order chi connectivity index (χ1) is 6.72.